The highest BCUT2D eigenvalue weighted by Crippen LogP contribution is 2.29. The maximum Gasteiger partial charge on any atom is 0.271 e. The van der Waals surface area contributed by atoms with E-state index in [4.69, 9.17) is 0 Å². The lowest BCUT2D eigenvalue weighted by molar-refractivity contribution is 0.603. The van der Waals surface area contributed by atoms with Gasteiger partial charge in [-0.05, 0) is 50.5 Å². The van der Waals surface area contributed by atoms with Gasteiger partial charge in [-0.1, -0.05) is 12.1 Å². The van der Waals surface area contributed by atoms with Crippen LogP contribution < -0.4 is 10.0 Å². The first-order valence-corrected chi connectivity index (χ1v) is 9.98. The zero-order chi connectivity index (χ0) is 15.3. The average Bonchev–Trinajstić information content (AvgIpc) is 2.95. The van der Waals surface area contributed by atoms with Gasteiger partial charge in [0.1, 0.15) is 4.21 Å². The Balaban J connectivity index is 2.20. The normalized spacial score (nSPS) is 11.5. The van der Waals surface area contributed by atoms with Crippen LogP contribution in [-0.2, 0) is 16.4 Å². The summed E-state index contributed by atoms with van der Waals surface area (Å²) in [6.07, 6.45) is 2.76. The molecule has 1 heterocycles. The molecule has 4 nitrogen and oxygen atoms in total. The molecule has 21 heavy (non-hydrogen) atoms. The lowest BCUT2D eigenvalue weighted by Crippen LogP contribution is -2.12. The Morgan fingerprint density at radius 2 is 1.95 bits per heavy atom. The minimum Gasteiger partial charge on any atom is -0.319 e. The molecule has 0 saturated heterocycles. The number of sulfonamides is 1. The van der Waals surface area contributed by atoms with Crippen LogP contribution in [0.15, 0.2) is 45.5 Å². The van der Waals surface area contributed by atoms with E-state index < -0.39 is 10.0 Å². The fraction of sp³-hybridized carbons (Fsp3) is 0.286. The summed E-state index contributed by atoms with van der Waals surface area (Å²) in [6, 6.07) is 10.9. The zero-order valence-electron chi connectivity index (χ0n) is 11.9. The number of hydrogen-bond acceptors (Lipinski definition) is 5. The topological polar surface area (TPSA) is 58.2 Å². The zero-order valence-corrected chi connectivity index (χ0v) is 14.4. The van der Waals surface area contributed by atoms with E-state index in [9.17, 15) is 8.42 Å². The molecule has 114 valence electrons. The van der Waals surface area contributed by atoms with Gasteiger partial charge in [0, 0.05) is 9.77 Å². The maximum absolute atomic E-state index is 12.4. The van der Waals surface area contributed by atoms with E-state index in [1.807, 2.05) is 37.6 Å². The molecule has 0 aliphatic heterocycles. The van der Waals surface area contributed by atoms with E-state index in [-0.39, 0.29) is 0 Å². The summed E-state index contributed by atoms with van der Waals surface area (Å²) in [6.45, 7) is 0.836. The second kappa shape index (κ2) is 7.31. The average molecular weight is 343 g/mol. The molecular formula is C14H18N2O2S3. The second-order valence-corrected chi connectivity index (χ2v) is 8.31. The largest absolute Gasteiger partial charge is 0.319 e. The van der Waals surface area contributed by atoms with Gasteiger partial charge in [0.25, 0.3) is 10.0 Å². The molecule has 0 fully saturated rings. The van der Waals surface area contributed by atoms with Gasteiger partial charge in [-0.25, -0.2) is 8.42 Å². The molecule has 0 saturated carbocycles. The Kier molecular flexibility index (Phi) is 5.69. The highest BCUT2D eigenvalue weighted by molar-refractivity contribution is 7.99. The van der Waals surface area contributed by atoms with Crippen molar-refractivity contribution in [3.63, 3.8) is 0 Å². The van der Waals surface area contributed by atoms with Gasteiger partial charge in [-0.3, -0.25) is 4.72 Å². The molecule has 0 radical (unpaired) electrons. The van der Waals surface area contributed by atoms with E-state index in [2.05, 4.69) is 10.0 Å². The van der Waals surface area contributed by atoms with Crippen LogP contribution in [0.3, 0.4) is 0 Å². The van der Waals surface area contributed by atoms with Crippen LogP contribution in [0.4, 0.5) is 5.69 Å². The van der Waals surface area contributed by atoms with Crippen molar-refractivity contribution in [3.05, 3.63) is 41.3 Å². The minimum absolute atomic E-state index is 0.351. The van der Waals surface area contributed by atoms with Crippen molar-refractivity contribution in [3.8, 4) is 0 Å². The summed E-state index contributed by atoms with van der Waals surface area (Å²) in [5.74, 6) is 0. The number of benzene rings is 1. The molecule has 0 aliphatic rings. The van der Waals surface area contributed by atoms with E-state index in [1.54, 1.807) is 12.1 Å². The SMILES string of the molecule is CNCCc1ccc(S(=O)(=O)Nc2ccccc2SC)s1. The van der Waals surface area contributed by atoms with Crippen molar-refractivity contribution in [1.29, 1.82) is 0 Å². The molecule has 0 bridgehead atoms. The monoisotopic (exact) mass is 342 g/mol. The molecule has 0 amide bonds. The molecule has 0 spiro atoms. The molecular weight excluding hydrogens is 324 g/mol. The van der Waals surface area contributed by atoms with Crippen molar-refractivity contribution in [2.24, 2.45) is 0 Å². The quantitative estimate of drug-likeness (QED) is 0.760. The summed E-state index contributed by atoms with van der Waals surface area (Å²) < 4.78 is 27.9. The van der Waals surface area contributed by atoms with E-state index in [0.717, 1.165) is 22.7 Å². The van der Waals surface area contributed by atoms with Crippen LogP contribution in [0.1, 0.15) is 4.88 Å². The van der Waals surface area contributed by atoms with Gasteiger partial charge in [0.15, 0.2) is 0 Å². The summed E-state index contributed by atoms with van der Waals surface area (Å²) in [7, 11) is -1.63. The third-order valence-electron chi connectivity index (χ3n) is 2.87. The maximum atomic E-state index is 12.4. The Morgan fingerprint density at radius 1 is 1.19 bits per heavy atom. The van der Waals surface area contributed by atoms with Crippen LogP contribution in [-0.4, -0.2) is 28.3 Å². The first-order valence-electron chi connectivity index (χ1n) is 6.46. The number of rotatable bonds is 7. The Morgan fingerprint density at radius 3 is 2.67 bits per heavy atom. The van der Waals surface area contributed by atoms with E-state index in [1.165, 1.54) is 23.1 Å². The molecule has 7 heteroatoms. The second-order valence-electron chi connectivity index (χ2n) is 4.38. The number of thioether (sulfide) groups is 1. The van der Waals surface area contributed by atoms with Crippen LogP contribution in [0, 0.1) is 0 Å². The number of thiophene rings is 1. The summed E-state index contributed by atoms with van der Waals surface area (Å²) in [4.78, 5) is 1.97. The highest BCUT2D eigenvalue weighted by Gasteiger charge is 2.18. The highest BCUT2D eigenvalue weighted by atomic mass is 32.2. The molecule has 2 N–H and O–H groups in total. The molecule has 0 aliphatic carbocycles. The van der Waals surface area contributed by atoms with Crippen LogP contribution in [0.25, 0.3) is 0 Å². The van der Waals surface area contributed by atoms with E-state index >= 15 is 0 Å². The van der Waals surface area contributed by atoms with Crippen molar-refractivity contribution in [2.75, 3.05) is 24.6 Å². The predicted octanol–water partition coefficient (Wildman–Crippen LogP) is 3.03. The minimum atomic E-state index is -3.52. The van der Waals surface area contributed by atoms with Crippen molar-refractivity contribution in [1.82, 2.24) is 5.32 Å². The van der Waals surface area contributed by atoms with Crippen LogP contribution in [0.2, 0.25) is 0 Å². The van der Waals surface area contributed by atoms with Gasteiger partial charge < -0.3 is 5.32 Å². The van der Waals surface area contributed by atoms with Crippen molar-refractivity contribution >= 4 is 38.8 Å². The lowest BCUT2D eigenvalue weighted by Gasteiger charge is -2.09. The number of hydrogen-bond donors (Lipinski definition) is 2. The Hall–Kier alpha value is -1.02. The predicted molar refractivity (Wildman–Crippen MR) is 91.0 cm³/mol. The molecule has 2 aromatic rings. The summed E-state index contributed by atoms with van der Waals surface area (Å²) in [5.41, 5.74) is 0.621. The first kappa shape index (κ1) is 16.4. The number of likely N-dealkylation sites (N-methyl/N-ethyl adjacent to an activating group) is 1. The summed E-state index contributed by atoms with van der Waals surface area (Å²) >= 11 is 2.83. The van der Waals surface area contributed by atoms with Crippen LogP contribution >= 0.6 is 23.1 Å². The lowest BCUT2D eigenvalue weighted by atomic mass is 10.3. The Bertz CT molecular complexity index is 696. The van der Waals surface area contributed by atoms with Gasteiger partial charge in [-0.15, -0.1) is 23.1 Å². The molecule has 0 atom stereocenters. The fourth-order valence-electron chi connectivity index (χ4n) is 1.81. The Labute approximate surface area is 134 Å². The van der Waals surface area contributed by atoms with Crippen molar-refractivity contribution in [2.45, 2.75) is 15.5 Å². The summed E-state index contributed by atoms with van der Waals surface area (Å²) in [5, 5.41) is 3.06. The number of para-hydroxylation sites is 1. The molecule has 1 aromatic carbocycles. The smallest absolute Gasteiger partial charge is 0.271 e. The fourth-order valence-corrected chi connectivity index (χ4v) is 4.86. The van der Waals surface area contributed by atoms with Gasteiger partial charge in [0.05, 0.1) is 5.69 Å². The molecule has 2 rings (SSSR count). The molecule has 1 aromatic heterocycles. The van der Waals surface area contributed by atoms with E-state index in [0.29, 0.717) is 9.90 Å². The van der Waals surface area contributed by atoms with Gasteiger partial charge in [0.2, 0.25) is 0 Å². The standard InChI is InChI=1S/C14H18N2O2S3/c1-15-10-9-11-7-8-14(20-11)21(17,18)16-12-5-3-4-6-13(12)19-2/h3-8,15-16H,9-10H2,1-2H3. The first-order chi connectivity index (χ1) is 10.1. The number of nitrogens with one attached hydrogen (secondary N) is 2. The van der Waals surface area contributed by atoms with Gasteiger partial charge in [-0.2, -0.15) is 0 Å². The molecule has 0 unspecified atom stereocenters. The number of anilines is 1. The van der Waals surface area contributed by atoms with Crippen LogP contribution in [0.5, 0.6) is 0 Å². The third kappa shape index (κ3) is 4.23. The van der Waals surface area contributed by atoms with Crippen molar-refractivity contribution < 1.29 is 8.42 Å². The third-order valence-corrected chi connectivity index (χ3v) is 6.67. The van der Waals surface area contributed by atoms with Gasteiger partial charge >= 0.3 is 0 Å².